The van der Waals surface area contributed by atoms with E-state index in [0.29, 0.717) is 11.3 Å². The molecular weight excluding hydrogens is 411 g/mol. The van der Waals surface area contributed by atoms with Gasteiger partial charge in [-0.05, 0) is 42.0 Å². The molecule has 0 bridgehead atoms. The van der Waals surface area contributed by atoms with Crippen molar-refractivity contribution in [3.8, 4) is 17.1 Å². The number of nitrogens with zero attached hydrogens (tertiary/aromatic N) is 2. The largest absolute Gasteiger partial charge is 0.497 e. The Balaban J connectivity index is 1.83. The van der Waals surface area contributed by atoms with E-state index in [4.69, 9.17) is 9.15 Å². The number of fused-ring (bicyclic) bond motifs is 2. The number of hydrogen-bond acceptors (Lipinski definition) is 5. The minimum Gasteiger partial charge on any atom is -0.497 e. The van der Waals surface area contributed by atoms with Crippen LogP contribution in [0.4, 0.5) is 4.39 Å². The van der Waals surface area contributed by atoms with Gasteiger partial charge in [-0.1, -0.05) is 36.4 Å². The molecule has 0 unspecified atom stereocenters. The molecule has 2 aromatic heterocycles. The second-order valence-corrected chi connectivity index (χ2v) is 7.26. The second-order valence-electron chi connectivity index (χ2n) is 7.26. The van der Waals surface area contributed by atoms with Crippen molar-refractivity contribution < 1.29 is 13.5 Å². The zero-order valence-corrected chi connectivity index (χ0v) is 17.0. The Morgan fingerprint density at radius 2 is 1.69 bits per heavy atom. The van der Waals surface area contributed by atoms with Crippen molar-refractivity contribution in [2.45, 2.75) is 6.54 Å². The highest BCUT2D eigenvalue weighted by Crippen LogP contribution is 2.24. The fourth-order valence-electron chi connectivity index (χ4n) is 3.69. The first-order valence-electron chi connectivity index (χ1n) is 9.91. The molecule has 0 N–H and O–H groups in total. The van der Waals surface area contributed by atoms with Gasteiger partial charge in [-0.15, -0.1) is 0 Å². The first-order chi connectivity index (χ1) is 15.6. The summed E-state index contributed by atoms with van der Waals surface area (Å²) in [6.45, 7) is 0.0850. The van der Waals surface area contributed by atoms with Crippen LogP contribution in [0.5, 0.6) is 5.75 Å². The maximum Gasteiger partial charge on any atom is 0.269 e. The summed E-state index contributed by atoms with van der Waals surface area (Å²) < 4.78 is 27.0. The van der Waals surface area contributed by atoms with E-state index in [-0.39, 0.29) is 34.4 Å². The molecule has 7 heteroatoms. The average Bonchev–Trinajstić information content (AvgIpc) is 2.81. The Labute approximate surface area is 181 Å². The van der Waals surface area contributed by atoms with Crippen LogP contribution in [0, 0.1) is 5.82 Å². The summed E-state index contributed by atoms with van der Waals surface area (Å²) in [5, 5.41) is 0.117. The summed E-state index contributed by atoms with van der Waals surface area (Å²) >= 11 is 0. The van der Waals surface area contributed by atoms with E-state index in [2.05, 4.69) is 4.98 Å². The fourth-order valence-corrected chi connectivity index (χ4v) is 3.69. The lowest BCUT2D eigenvalue weighted by Gasteiger charge is -2.14. The van der Waals surface area contributed by atoms with Crippen LogP contribution in [0.3, 0.4) is 0 Å². The number of para-hydroxylation sites is 1. The monoisotopic (exact) mass is 428 g/mol. The molecule has 0 spiro atoms. The SMILES string of the molecule is COc1ccc(Cn2c(-c3ccccc3F)nc3oc4ccccc4c(=O)c3c2=O)cc1. The van der Waals surface area contributed by atoms with Gasteiger partial charge in [0.1, 0.15) is 23.0 Å². The Kier molecular flexibility index (Phi) is 4.78. The number of halogens is 1. The third-order valence-corrected chi connectivity index (χ3v) is 5.32. The first kappa shape index (κ1) is 19.7. The second kappa shape index (κ2) is 7.77. The van der Waals surface area contributed by atoms with Crippen molar-refractivity contribution in [2.24, 2.45) is 0 Å². The molecule has 3 aromatic carbocycles. The van der Waals surface area contributed by atoms with Gasteiger partial charge in [-0.25, -0.2) is 4.39 Å². The molecule has 0 amide bonds. The Morgan fingerprint density at radius 3 is 2.44 bits per heavy atom. The van der Waals surface area contributed by atoms with E-state index in [9.17, 15) is 14.0 Å². The highest BCUT2D eigenvalue weighted by Gasteiger charge is 2.20. The zero-order chi connectivity index (χ0) is 22.2. The van der Waals surface area contributed by atoms with Gasteiger partial charge < -0.3 is 9.15 Å². The van der Waals surface area contributed by atoms with Crippen molar-refractivity contribution in [1.82, 2.24) is 9.55 Å². The summed E-state index contributed by atoms with van der Waals surface area (Å²) in [4.78, 5) is 31.1. The molecular formula is C25H17FN2O4. The lowest BCUT2D eigenvalue weighted by atomic mass is 10.1. The summed E-state index contributed by atoms with van der Waals surface area (Å²) in [6, 6.07) is 19.8. The molecule has 5 rings (SSSR count). The van der Waals surface area contributed by atoms with Crippen LogP contribution in [0.1, 0.15) is 5.56 Å². The van der Waals surface area contributed by atoms with E-state index in [1.165, 1.54) is 16.7 Å². The van der Waals surface area contributed by atoms with E-state index < -0.39 is 16.8 Å². The highest BCUT2D eigenvalue weighted by atomic mass is 19.1. The lowest BCUT2D eigenvalue weighted by Crippen LogP contribution is -2.28. The Bertz CT molecular complexity index is 1590. The van der Waals surface area contributed by atoms with Gasteiger partial charge in [0.25, 0.3) is 5.56 Å². The minimum atomic E-state index is -0.594. The van der Waals surface area contributed by atoms with Gasteiger partial charge >= 0.3 is 0 Å². The third-order valence-electron chi connectivity index (χ3n) is 5.32. The number of methoxy groups -OCH3 is 1. The molecule has 0 aliphatic rings. The third kappa shape index (κ3) is 3.24. The highest BCUT2D eigenvalue weighted by molar-refractivity contribution is 5.88. The predicted molar refractivity (Wildman–Crippen MR) is 120 cm³/mol. The Morgan fingerprint density at radius 1 is 0.969 bits per heavy atom. The summed E-state index contributed by atoms with van der Waals surface area (Å²) in [6.07, 6.45) is 0. The van der Waals surface area contributed by atoms with Crippen LogP contribution >= 0.6 is 0 Å². The van der Waals surface area contributed by atoms with E-state index in [1.807, 2.05) is 0 Å². The van der Waals surface area contributed by atoms with Crippen LogP contribution in [0.2, 0.25) is 0 Å². The Hall–Kier alpha value is -4.26. The molecule has 0 fully saturated rings. The maximum absolute atomic E-state index is 14.7. The van der Waals surface area contributed by atoms with Gasteiger partial charge in [0.15, 0.2) is 5.39 Å². The van der Waals surface area contributed by atoms with Gasteiger partial charge in [0, 0.05) is 0 Å². The fraction of sp³-hybridized carbons (Fsp3) is 0.0800. The molecule has 0 aliphatic carbocycles. The van der Waals surface area contributed by atoms with Crippen LogP contribution in [0.25, 0.3) is 33.5 Å². The van der Waals surface area contributed by atoms with E-state index in [1.54, 1.807) is 67.8 Å². The lowest BCUT2D eigenvalue weighted by molar-refractivity contribution is 0.414. The number of aromatic nitrogens is 2. The molecule has 0 saturated carbocycles. The summed E-state index contributed by atoms with van der Waals surface area (Å²) in [5.74, 6) is 0.208. The quantitative estimate of drug-likeness (QED) is 0.398. The summed E-state index contributed by atoms with van der Waals surface area (Å²) in [7, 11) is 1.56. The maximum atomic E-state index is 14.7. The molecule has 0 saturated heterocycles. The number of rotatable bonds is 4. The number of ether oxygens (including phenoxy) is 1. The van der Waals surface area contributed by atoms with Gasteiger partial charge in [-0.2, -0.15) is 4.98 Å². The van der Waals surface area contributed by atoms with Gasteiger partial charge in [0.05, 0.1) is 24.6 Å². The standard InChI is InChI=1S/C25H17FN2O4/c1-31-16-12-10-15(11-13-16)14-28-23(17-6-2-4-8-19(17)26)27-24-21(25(28)30)22(29)18-7-3-5-9-20(18)32-24/h2-13H,14H2,1H3. The molecule has 6 nitrogen and oxygen atoms in total. The van der Waals surface area contributed by atoms with Gasteiger partial charge in [0.2, 0.25) is 11.1 Å². The minimum absolute atomic E-state index is 0.0786. The van der Waals surface area contributed by atoms with Crippen LogP contribution in [-0.2, 0) is 6.54 Å². The van der Waals surface area contributed by atoms with Crippen molar-refractivity contribution in [3.63, 3.8) is 0 Å². The number of hydrogen-bond donors (Lipinski definition) is 0. The van der Waals surface area contributed by atoms with Crippen LogP contribution in [-0.4, -0.2) is 16.7 Å². The smallest absolute Gasteiger partial charge is 0.269 e. The van der Waals surface area contributed by atoms with Crippen molar-refractivity contribution in [3.05, 3.63) is 105 Å². The molecule has 32 heavy (non-hydrogen) atoms. The van der Waals surface area contributed by atoms with Crippen molar-refractivity contribution in [2.75, 3.05) is 7.11 Å². The first-order valence-corrected chi connectivity index (χ1v) is 9.91. The molecule has 0 aliphatic heterocycles. The molecule has 158 valence electrons. The molecule has 5 aromatic rings. The summed E-state index contributed by atoms with van der Waals surface area (Å²) in [5.41, 5.74) is 0.0198. The zero-order valence-electron chi connectivity index (χ0n) is 17.0. The molecule has 0 atom stereocenters. The van der Waals surface area contributed by atoms with E-state index >= 15 is 0 Å². The van der Waals surface area contributed by atoms with Crippen LogP contribution in [0.15, 0.2) is 86.8 Å². The predicted octanol–water partition coefficient (Wildman–Crippen LogP) is 4.37. The normalized spacial score (nSPS) is 11.2. The number of benzene rings is 3. The average molecular weight is 428 g/mol. The van der Waals surface area contributed by atoms with E-state index in [0.717, 1.165) is 5.56 Å². The van der Waals surface area contributed by atoms with Gasteiger partial charge in [-0.3, -0.25) is 14.2 Å². The molecule has 0 radical (unpaired) electrons. The van der Waals surface area contributed by atoms with Crippen molar-refractivity contribution in [1.29, 1.82) is 0 Å². The topological polar surface area (TPSA) is 74.3 Å². The van der Waals surface area contributed by atoms with Crippen molar-refractivity contribution >= 4 is 22.1 Å². The van der Waals surface area contributed by atoms with Crippen LogP contribution < -0.4 is 15.7 Å². The molecule has 2 heterocycles.